The van der Waals surface area contributed by atoms with Crippen LogP contribution in [-0.4, -0.2) is 43.4 Å². The summed E-state index contributed by atoms with van der Waals surface area (Å²) in [5.74, 6) is -0.328. The Morgan fingerprint density at radius 1 is 1.29 bits per heavy atom. The number of carbonyl (C=O) groups excluding carboxylic acids is 1. The zero-order valence-electron chi connectivity index (χ0n) is 13.1. The Morgan fingerprint density at radius 2 is 2.08 bits per heavy atom. The van der Waals surface area contributed by atoms with E-state index in [1.165, 1.54) is 0 Å². The molecule has 1 aromatic carbocycles. The van der Waals surface area contributed by atoms with Gasteiger partial charge in [0, 0.05) is 13.1 Å². The van der Waals surface area contributed by atoms with E-state index in [1.54, 1.807) is 17.0 Å². The van der Waals surface area contributed by atoms with Crippen molar-refractivity contribution >= 4 is 5.91 Å². The first-order valence-electron chi connectivity index (χ1n) is 7.86. The van der Waals surface area contributed by atoms with Crippen molar-refractivity contribution in [2.24, 2.45) is 5.92 Å². The fourth-order valence-corrected chi connectivity index (χ4v) is 2.98. The number of carbonyl (C=O) groups is 1. The van der Waals surface area contributed by atoms with Crippen molar-refractivity contribution in [1.29, 1.82) is 0 Å². The van der Waals surface area contributed by atoms with E-state index in [-0.39, 0.29) is 32.2 Å². The summed E-state index contributed by atoms with van der Waals surface area (Å²) in [6, 6.07) is 5.36. The van der Waals surface area contributed by atoms with E-state index in [2.05, 4.69) is 5.32 Å². The highest BCUT2D eigenvalue weighted by atomic mass is 19.4. The Balaban J connectivity index is 1.47. The number of nitrogens with one attached hydrogen (secondary N) is 1. The van der Waals surface area contributed by atoms with Crippen LogP contribution >= 0.6 is 0 Å². The molecule has 0 radical (unpaired) electrons. The second kappa shape index (κ2) is 6.88. The van der Waals surface area contributed by atoms with Crippen molar-refractivity contribution in [1.82, 2.24) is 10.2 Å². The van der Waals surface area contributed by atoms with Crippen LogP contribution in [-0.2, 0) is 11.3 Å². The second-order valence-electron chi connectivity index (χ2n) is 6.08. The maximum absolute atomic E-state index is 12.8. The van der Waals surface area contributed by atoms with Gasteiger partial charge in [-0.05, 0) is 37.1 Å². The number of hydrogen-bond acceptors (Lipinski definition) is 4. The largest absolute Gasteiger partial charge is 0.454 e. The molecule has 1 fully saturated rings. The number of alkyl halides is 3. The number of fused-ring (bicyclic) bond motifs is 1. The second-order valence-corrected chi connectivity index (χ2v) is 6.08. The van der Waals surface area contributed by atoms with Gasteiger partial charge in [0.2, 0.25) is 12.7 Å². The van der Waals surface area contributed by atoms with Crippen molar-refractivity contribution in [3.8, 4) is 11.5 Å². The lowest BCUT2D eigenvalue weighted by atomic mass is 9.97. The summed E-state index contributed by atoms with van der Waals surface area (Å²) in [7, 11) is 0. The fourth-order valence-electron chi connectivity index (χ4n) is 2.98. The molecule has 1 aromatic rings. The monoisotopic (exact) mass is 344 g/mol. The molecule has 5 nitrogen and oxygen atoms in total. The molecule has 0 spiro atoms. The molecule has 0 bridgehead atoms. The number of halogens is 3. The molecular formula is C16H19F3N2O3. The van der Waals surface area contributed by atoms with Gasteiger partial charge in [-0.1, -0.05) is 6.07 Å². The van der Waals surface area contributed by atoms with Crippen LogP contribution in [0, 0.1) is 5.92 Å². The Hall–Kier alpha value is -1.96. The quantitative estimate of drug-likeness (QED) is 0.911. The molecule has 1 atom stereocenters. The van der Waals surface area contributed by atoms with Gasteiger partial charge in [0.25, 0.3) is 0 Å². The molecule has 3 rings (SSSR count). The molecular weight excluding hydrogens is 325 g/mol. The van der Waals surface area contributed by atoms with Crippen LogP contribution in [0.5, 0.6) is 11.5 Å². The van der Waals surface area contributed by atoms with E-state index in [0.717, 1.165) is 5.56 Å². The van der Waals surface area contributed by atoms with Crippen LogP contribution in [0.25, 0.3) is 0 Å². The van der Waals surface area contributed by atoms with E-state index >= 15 is 0 Å². The van der Waals surface area contributed by atoms with Gasteiger partial charge >= 0.3 is 6.18 Å². The summed E-state index contributed by atoms with van der Waals surface area (Å²) >= 11 is 0. The summed E-state index contributed by atoms with van der Waals surface area (Å²) in [6.07, 6.45) is -3.60. The average Bonchev–Trinajstić information content (AvgIpc) is 3.00. The predicted molar refractivity (Wildman–Crippen MR) is 79.6 cm³/mol. The number of benzene rings is 1. The highest BCUT2D eigenvalue weighted by Crippen LogP contribution is 2.33. The summed E-state index contributed by atoms with van der Waals surface area (Å²) in [5, 5.41) is 2.73. The van der Waals surface area contributed by atoms with Crippen molar-refractivity contribution in [3.63, 3.8) is 0 Å². The van der Waals surface area contributed by atoms with Crippen LogP contribution in [0.3, 0.4) is 0 Å². The number of likely N-dealkylation sites (tertiary alicyclic amines) is 1. The number of rotatable bonds is 4. The minimum atomic E-state index is -4.19. The van der Waals surface area contributed by atoms with Gasteiger partial charge in [-0.15, -0.1) is 0 Å². The number of amides is 1. The first kappa shape index (κ1) is 16.9. The molecule has 0 aromatic heterocycles. The maximum atomic E-state index is 12.8. The van der Waals surface area contributed by atoms with Crippen molar-refractivity contribution in [3.05, 3.63) is 23.8 Å². The van der Waals surface area contributed by atoms with E-state index in [0.29, 0.717) is 31.0 Å². The Morgan fingerprint density at radius 3 is 2.88 bits per heavy atom. The van der Waals surface area contributed by atoms with Gasteiger partial charge in [0.05, 0.1) is 12.5 Å². The first-order valence-corrected chi connectivity index (χ1v) is 7.86. The number of ether oxygens (including phenoxy) is 2. The van der Waals surface area contributed by atoms with Crippen LogP contribution in [0.4, 0.5) is 13.2 Å². The van der Waals surface area contributed by atoms with Gasteiger partial charge in [0.1, 0.15) is 0 Å². The third-order valence-electron chi connectivity index (χ3n) is 4.26. The first-order chi connectivity index (χ1) is 11.4. The minimum absolute atomic E-state index is 0.0167. The minimum Gasteiger partial charge on any atom is -0.454 e. The average molecular weight is 344 g/mol. The van der Waals surface area contributed by atoms with Gasteiger partial charge < -0.3 is 14.8 Å². The lowest BCUT2D eigenvalue weighted by Gasteiger charge is -2.33. The van der Waals surface area contributed by atoms with Gasteiger partial charge in [-0.25, -0.2) is 0 Å². The smallest absolute Gasteiger partial charge is 0.393 e. The molecule has 0 saturated carbocycles. The highest BCUT2D eigenvalue weighted by molar-refractivity contribution is 5.78. The Kier molecular flexibility index (Phi) is 4.84. The molecule has 24 heavy (non-hydrogen) atoms. The zero-order chi connectivity index (χ0) is 17.2. The molecule has 1 N–H and O–H groups in total. The van der Waals surface area contributed by atoms with E-state index in [1.807, 2.05) is 6.07 Å². The number of nitrogens with zero attached hydrogens (tertiary/aromatic N) is 1. The predicted octanol–water partition coefficient (Wildman–Crippen LogP) is 2.31. The lowest BCUT2D eigenvalue weighted by molar-refractivity contribution is -0.187. The lowest BCUT2D eigenvalue weighted by Crippen LogP contribution is -2.45. The maximum Gasteiger partial charge on any atom is 0.393 e. The normalized spacial score (nSPS) is 20.9. The third-order valence-corrected chi connectivity index (χ3v) is 4.26. The molecule has 0 unspecified atom stereocenters. The Labute approximate surface area is 137 Å². The summed E-state index contributed by atoms with van der Waals surface area (Å²) < 4.78 is 48.8. The van der Waals surface area contributed by atoms with Gasteiger partial charge in [-0.3, -0.25) is 9.69 Å². The molecule has 1 amide bonds. The third kappa shape index (κ3) is 4.11. The van der Waals surface area contributed by atoms with Gasteiger partial charge in [-0.2, -0.15) is 13.2 Å². The standard InChI is InChI=1S/C16H19F3N2O3/c17-16(18,19)12-2-1-5-21(8-12)9-15(22)20-7-11-3-4-13-14(6-11)24-10-23-13/h3-4,6,12H,1-2,5,7-10H2,(H,20,22)/t12-/m0/s1. The van der Waals surface area contributed by atoms with Crippen LogP contribution in [0.15, 0.2) is 18.2 Å². The molecule has 0 aliphatic carbocycles. The number of hydrogen-bond donors (Lipinski definition) is 1. The van der Waals surface area contributed by atoms with Gasteiger partial charge in [0.15, 0.2) is 11.5 Å². The zero-order valence-corrected chi connectivity index (χ0v) is 13.1. The van der Waals surface area contributed by atoms with Crippen molar-refractivity contribution in [2.45, 2.75) is 25.6 Å². The van der Waals surface area contributed by atoms with E-state index in [9.17, 15) is 18.0 Å². The number of piperidine rings is 1. The molecule has 2 heterocycles. The summed E-state index contributed by atoms with van der Waals surface area (Å²) in [6.45, 7) is 0.870. The molecule has 8 heteroatoms. The summed E-state index contributed by atoms with van der Waals surface area (Å²) in [5.41, 5.74) is 0.847. The molecule has 132 valence electrons. The fraction of sp³-hybridized carbons (Fsp3) is 0.562. The Bertz CT molecular complexity index is 607. The van der Waals surface area contributed by atoms with Crippen LogP contribution < -0.4 is 14.8 Å². The molecule has 2 aliphatic heterocycles. The SMILES string of the molecule is O=C(CN1CCC[C@H](C(F)(F)F)C1)NCc1ccc2c(c1)OCO2. The van der Waals surface area contributed by atoms with Crippen LogP contribution in [0.2, 0.25) is 0 Å². The van der Waals surface area contributed by atoms with E-state index in [4.69, 9.17) is 9.47 Å². The van der Waals surface area contributed by atoms with Crippen LogP contribution in [0.1, 0.15) is 18.4 Å². The molecule has 2 aliphatic rings. The van der Waals surface area contributed by atoms with Crippen molar-refractivity contribution in [2.75, 3.05) is 26.4 Å². The highest BCUT2D eigenvalue weighted by Gasteiger charge is 2.41. The van der Waals surface area contributed by atoms with Crippen molar-refractivity contribution < 1.29 is 27.4 Å². The van der Waals surface area contributed by atoms with E-state index < -0.39 is 12.1 Å². The molecule has 1 saturated heterocycles. The topological polar surface area (TPSA) is 50.8 Å². The summed E-state index contributed by atoms with van der Waals surface area (Å²) in [4.78, 5) is 13.6.